The fourth-order valence-electron chi connectivity index (χ4n) is 2.01. The molecule has 0 saturated heterocycles. The minimum absolute atomic E-state index is 0.371. The number of ether oxygens (including phenoxy) is 1. The van der Waals surface area contributed by atoms with Crippen molar-refractivity contribution < 1.29 is 9.53 Å². The zero-order valence-electron chi connectivity index (χ0n) is 11.7. The molecule has 4 nitrogen and oxygen atoms in total. The van der Waals surface area contributed by atoms with Crippen LogP contribution >= 0.6 is 0 Å². The van der Waals surface area contributed by atoms with Crippen LogP contribution in [0.25, 0.3) is 0 Å². The van der Waals surface area contributed by atoms with Gasteiger partial charge < -0.3 is 4.74 Å². The number of hydrazine groups is 1. The molecule has 0 atom stereocenters. The molecule has 1 aliphatic carbocycles. The highest BCUT2D eigenvalue weighted by atomic mass is 16.6. The van der Waals surface area contributed by atoms with Gasteiger partial charge in [0.05, 0.1) is 0 Å². The second-order valence-corrected chi connectivity index (χ2v) is 6.71. The zero-order chi connectivity index (χ0) is 13.1. The van der Waals surface area contributed by atoms with Crippen LogP contribution in [0.5, 0.6) is 0 Å². The Labute approximate surface area is 104 Å². The van der Waals surface area contributed by atoms with Gasteiger partial charge in [0.1, 0.15) is 5.60 Å². The predicted octanol–water partition coefficient (Wildman–Crippen LogP) is 2.98. The average molecular weight is 242 g/mol. The van der Waals surface area contributed by atoms with Gasteiger partial charge in [0.25, 0.3) is 0 Å². The highest BCUT2D eigenvalue weighted by molar-refractivity contribution is 5.67. The first-order valence-corrected chi connectivity index (χ1v) is 6.42. The number of rotatable bonds is 2. The van der Waals surface area contributed by atoms with E-state index >= 15 is 0 Å². The third-order valence-electron chi connectivity index (χ3n) is 3.12. The standard InChI is InChI=1S/C13H26N2O2/c1-12(2,3)17-11(16)15-14-10-6-8-13(4,5)9-7-10/h10,14H,6-9H2,1-5H3,(H,15,16). The van der Waals surface area contributed by atoms with E-state index in [2.05, 4.69) is 24.7 Å². The molecule has 17 heavy (non-hydrogen) atoms. The summed E-state index contributed by atoms with van der Waals surface area (Å²) in [6, 6.07) is 0.371. The lowest BCUT2D eigenvalue weighted by atomic mass is 9.76. The molecule has 1 amide bonds. The number of hydrogen-bond donors (Lipinski definition) is 2. The van der Waals surface area contributed by atoms with Crippen LogP contribution in [0.15, 0.2) is 0 Å². The summed E-state index contributed by atoms with van der Waals surface area (Å²) >= 11 is 0. The van der Waals surface area contributed by atoms with Gasteiger partial charge in [0, 0.05) is 6.04 Å². The molecule has 1 fully saturated rings. The highest BCUT2D eigenvalue weighted by Gasteiger charge is 2.27. The molecule has 0 spiro atoms. The molecular formula is C13H26N2O2. The van der Waals surface area contributed by atoms with E-state index in [0.717, 1.165) is 12.8 Å². The van der Waals surface area contributed by atoms with Crippen molar-refractivity contribution in [2.75, 3.05) is 0 Å². The van der Waals surface area contributed by atoms with Crippen LogP contribution in [0.4, 0.5) is 4.79 Å². The average Bonchev–Trinajstić information content (AvgIpc) is 2.13. The molecule has 1 rings (SSSR count). The van der Waals surface area contributed by atoms with E-state index in [1.54, 1.807) is 0 Å². The Kier molecular flexibility index (Phi) is 4.42. The van der Waals surface area contributed by atoms with E-state index in [1.165, 1.54) is 12.8 Å². The summed E-state index contributed by atoms with van der Waals surface area (Å²) in [7, 11) is 0. The molecule has 0 aromatic heterocycles. The predicted molar refractivity (Wildman–Crippen MR) is 68.5 cm³/mol. The minimum Gasteiger partial charge on any atom is -0.443 e. The van der Waals surface area contributed by atoms with E-state index in [9.17, 15) is 4.79 Å². The van der Waals surface area contributed by atoms with Gasteiger partial charge in [0.2, 0.25) is 0 Å². The van der Waals surface area contributed by atoms with Crippen LogP contribution in [0.1, 0.15) is 60.3 Å². The molecular weight excluding hydrogens is 216 g/mol. The maximum absolute atomic E-state index is 11.4. The number of hydrogen-bond acceptors (Lipinski definition) is 3. The number of nitrogens with one attached hydrogen (secondary N) is 2. The molecule has 0 unspecified atom stereocenters. The Hall–Kier alpha value is -0.770. The van der Waals surface area contributed by atoms with E-state index in [0.29, 0.717) is 11.5 Å². The molecule has 1 aliphatic rings. The molecule has 0 radical (unpaired) electrons. The van der Waals surface area contributed by atoms with Crippen molar-refractivity contribution in [3.05, 3.63) is 0 Å². The lowest BCUT2D eigenvalue weighted by Crippen LogP contribution is -2.48. The molecule has 100 valence electrons. The maximum Gasteiger partial charge on any atom is 0.422 e. The molecule has 0 heterocycles. The van der Waals surface area contributed by atoms with E-state index < -0.39 is 11.7 Å². The van der Waals surface area contributed by atoms with E-state index in [1.807, 2.05) is 20.8 Å². The fraction of sp³-hybridized carbons (Fsp3) is 0.923. The second-order valence-electron chi connectivity index (χ2n) is 6.71. The van der Waals surface area contributed by atoms with Crippen LogP contribution in [-0.4, -0.2) is 17.7 Å². The van der Waals surface area contributed by atoms with Crippen molar-refractivity contribution >= 4 is 6.09 Å². The quantitative estimate of drug-likeness (QED) is 0.732. The van der Waals surface area contributed by atoms with Crippen molar-refractivity contribution in [1.82, 2.24) is 10.9 Å². The van der Waals surface area contributed by atoms with Crippen LogP contribution in [-0.2, 0) is 4.74 Å². The lowest BCUT2D eigenvalue weighted by molar-refractivity contribution is 0.0475. The van der Waals surface area contributed by atoms with Crippen LogP contribution < -0.4 is 10.9 Å². The summed E-state index contributed by atoms with van der Waals surface area (Å²) in [4.78, 5) is 11.4. The van der Waals surface area contributed by atoms with Crippen molar-refractivity contribution in [3.8, 4) is 0 Å². The van der Waals surface area contributed by atoms with Crippen molar-refractivity contribution in [2.24, 2.45) is 5.41 Å². The van der Waals surface area contributed by atoms with Crippen LogP contribution in [0, 0.1) is 5.41 Å². The Morgan fingerprint density at radius 3 is 2.24 bits per heavy atom. The molecule has 2 N–H and O–H groups in total. The topological polar surface area (TPSA) is 50.4 Å². The SMILES string of the molecule is CC1(C)CCC(NNC(=O)OC(C)(C)C)CC1. The molecule has 0 aromatic carbocycles. The fourth-order valence-corrected chi connectivity index (χ4v) is 2.01. The van der Waals surface area contributed by atoms with Gasteiger partial charge >= 0.3 is 6.09 Å². The first-order chi connectivity index (χ1) is 7.68. The minimum atomic E-state index is -0.444. The third kappa shape index (κ3) is 5.91. The van der Waals surface area contributed by atoms with Crippen molar-refractivity contribution in [1.29, 1.82) is 0 Å². The van der Waals surface area contributed by atoms with E-state index in [4.69, 9.17) is 4.74 Å². The van der Waals surface area contributed by atoms with Gasteiger partial charge in [-0.1, -0.05) is 13.8 Å². The number of carbonyl (C=O) groups excluding carboxylic acids is 1. The molecule has 1 saturated carbocycles. The van der Waals surface area contributed by atoms with Crippen LogP contribution in [0.3, 0.4) is 0 Å². The Bertz CT molecular complexity index is 259. The van der Waals surface area contributed by atoms with E-state index in [-0.39, 0.29) is 0 Å². The summed E-state index contributed by atoms with van der Waals surface area (Å²) in [5.74, 6) is 0. The van der Waals surface area contributed by atoms with Gasteiger partial charge in [-0.2, -0.15) is 0 Å². The van der Waals surface area contributed by atoms with Gasteiger partial charge in [-0.05, 0) is 51.9 Å². The Morgan fingerprint density at radius 2 is 1.76 bits per heavy atom. The Balaban J connectivity index is 2.22. The largest absolute Gasteiger partial charge is 0.443 e. The lowest BCUT2D eigenvalue weighted by Gasteiger charge is -2.34. The molecule has 4 heteroatoms. The molecule has 0 aromatic rings. The smallest absolute Gasteiger partial charge is 0.422 e. The molecule has 0 bridgehead atoms. The van der Waals surface area contributed by atoms with Gasteiger partial charge in [-0.25, -0.2) is 10.2 Å². The summed E-state index contributed by atoms with van der Waals surface area (Å²) in [5, 5.41) is 0. The van der Waals surface area contributed by atoms with Gasteiger partial charge in [-0.3, -0.25) is 5.43 Å². The van der Waals surface area contributed by atoms with Crippen LogP contribution in [0.2, 0.25) is 0 Å². The third-order valence-corrected chi connectivity index (χ3v) is 3.12. The number of amides is 1. The second kappa shape index (κ2) is 5.25. The highest BCUT2D eigenvalue weighted by Crippen LogP contribution is 2.34. The number of carbonyl (C=O) groups is 1. The van der Waals surface area contributed by atoms with Gasteiger partial charge in [0.15, 0.2) is 0 Å². The summed E-state index contributed by atoms with van der Waals surface area (Å²) in [6.45, 7) is 10.2. The van der Waals surface area contributed by atoms with Gasteiger partial charge in [-0.15, -0.1) is 0 Å². The summed E-state index contributed by atoms with van der Waals surface area (Å²) in [6.07, 6.45) is 4.19. The zero-order valence-corrected chi connectivity index (χ0v) is 11.7. The summed E-state index contributed by atoms with van der Waals surface area (Å²) < 4.78 is 5.16. The Morgan fingerprint density at radius 1 is 1.24 bits per heavy atom. The summed E-state index contributed by atoms with van der Waals surface area (Å²) in [5.41, 5.74) is 5.69. The first kappa shape index (κ1) is 14.3. The van der Waals surface area contributed by atoms with Crippen molar-refractivity contribution in [3.63, 3.8) is 0 Å². The first-order valence-electron chi connectivity index (χ1n) is 6.42. The maximum atomic E-state index is 11.4. The normalized spacial score (nSPS) is 21.0. The van der Waals surface area contributed by atoms with Crippen molar-refractivity contribution in [2.45, 2.75) is 71.9 Å². The monoisotopic (exact) mass is 242 g/mol. The molecule has 0 aliphatic heterocycles.